The van der Waals surface area contributed by atoms with Crippen LogP contribution in [-0.2, 0) is 0 Å². The van der Waals surface area contributed by atoms with Gasteiger partial charge in [-0.1, -0.05) is 6.07 Å². The first-order valence-electron chi connectivity index (χ1n) is 4.75. The van der Waals surface area contributed by atoms with Gasteiger partial charge in [-0.05, 0) is 44.0 Å². The van der Waals surface area contributed by atoms with Crippen LogP contribution in [0.5, 0.6) is 0 Å². The lowest BCUT2D eigenvalue weighted by molar-refractivity contribution is 0.439. The molecule has 0 fully saturated rings. The van der Waals surface area contributed by atoms with Crippen LogP contribution in [0.4, 0.5) is 13.2 Å². The van der Waals surface area contributed by atoms with E-state index in [1.165, 1.54) is 11.3 Å². The zero-order valence-electron chi connectivity index (χ0n) is 8.68. The molecule has 18 heavy (non-hydrogen) atoms. The van der Waals surface area contributed by atoms with E-state index in [4.69, 9.17) is 5.73 Å². The van der Waals surface area contributed by atoms with Gasteiger partial charge in [-0.25, -0.2) is 13.2 Å². The highest BCUT2D eigenvalue weighted by Crippen LogP contribution is 2.37. The molecule has 1 heterocycles. The summed E-state index contributed by atoms with van der Waals surface area (Å²) in [5.41, 5.74) is 5.78. The zero-order chi connectivity index (χ0) is 13.4. The van der Waals surface area contributed by atoms with E-state index in [2.05, 4.69) is 31.9 Å². The van der Waals surface area contributed by atoms with Crippen LogP contribution in [0.3, 0.4) is 0 Å². The van der Waals surface area contributed by atoms with Gasteiger partial charge in [0, 0.05) is 14.9 Å². The van der Waals surface area contributed by atoms with Crippen LogP contribution in [-0.4, -0.2) is 0 Å². The van der Waals surface area contributed by atoms with Gasteiger partial charge < -0.3 is 5.73 Å². The number of thiophene rings is 1. The van der Waals surface area contributed by atoms with Gasteiger partial charge in [0.2, 0.25) is 0 Å². The third-order valence-electron chi connectivity index (χ3n) is 2.37. The minimum atomic E-state index is -1.50. The van der Waals surface area contributed by atoms with Crippen LogP contribution in [0.25, 0.3) is 0 Å². The summed E-state index contributed by atoms with van der Waals surface area (Å²) in [5.74, 6) is -3.97. The second-order valence-electron chi connectivity index (χ2n) is 3.51. The highest BCUT2D eigenvalue weighted by molar-refractivity contribution is 9.13. The Morgan fingerprint density at radius 2 is 1.78 bits per heavy atom. The van der Waals surface area contributed by atoms with Crippen molar-refractivity contribution in [3.05, 3.63) is 54.4 Å². The molecule has 0 saturated heterocycles. The van der Waals surface area contributed by atoms with Crippen molar-refractivity contribution in [3.63, 3.8) is 0 Å². The number of hydrogen-bond acceptors (Lipinski definition) is 2. The highest BCUT2D eigenvalue weighted by Gasteiger charge is 2.21. The normalized spacial score (nSPS) is 12.8. The molecule has 1 aromatic heterocycles. The lowest BCUT2D eigenvalue weighted by Crippen LogP contribution is -2.13. The molecule has 2 aromatic rings. The summed E-state index contributed by atoms with van der Waals surface area (Å²) in [7, 11) is 0. The number of nitrogens with two attached hydrogens (primary N) is 1. The van der Waals surface area contributed by atoms with Gasteiger partial charge in [-0.15, -0.1) is 11.3 Å². The van der Waals surface area contributed by atoms with E-state index in [0.717, 1.165) is 20.4 Å². The molecule has 96 valence electrons. The van der Waals surface area contributed by atoms with E-state index >= 15 is 0 Å². The minimum absolute atomic E-state index is 0.0739. The van der Waals surface area contributed by atoms with E-state index < -0.39 is 23.5 Å². The van der Waals surface area contributed by atoms with Crippen LogP contribution < -0.4 is 5.73 Å². The molecule has 0 aliphatic heterocycles. The maximum atomic E-state index is 13.6. The van der Waals surface area contributed by atoms with Crippen molar-refractivity contribution >= 4 is 43.2 Å². The fourth-order valence-corrected chi connectivity index (χ4v) is 3.56. The topological polar surface area (TPSA) is 26.0 Å². The van der Waals surface area contributed by atoms with Gasteiger partial charge in [-0.3, -0.25) is 0 Å². The quantitative estimate of drug-likeness (QED) is 0.724. The van der Waals surface area contributed by atoms with Gasteiger partial charge in [0.25, 0.3) is 0 Å². The van der Waals surface area contributed by atoms with Crippen LogP contribution in [0.15, 0.2) is 26.5 Å². The Labute approximate surface area is 122 Å². The van der Waals surface area contributed by atoms with Crippen molar-refractivity contribution in [3.8, 4) is 0 Å². The highest BCUT2D eigenvalue weighted by atomic mass is 79.9. The van der Waals surface area contributed by atoms with Crippen molar-refractivity contribution in [1.82, 2.24) is 0 Å². The van der Waals surface area contributed by atoms with Gasteiger partial charge in [0.15, 0.2) is 17.5 Å². The molecule has 1 nitrogen and oxygen atoms in total. The Morgan fingerprint density at radius 1 is 1.11 bits per heavy atom. The van der Waals surface area contributed by atoms with Crippen molar-refractivity contribution < 1.29 is 13.2 Å². The molecule has 1 aromatic carbocycles. The predicted molar refractivity (Wildman–Crippen MR) is 72.1 cm³/mol. The molecular formula is C11H6Br2F3NS. The summed E-state index contributed by atoms with van der Waals surface area (Å²) in [5, 5.41) is 0. The molecule has 1 unspecified atom stereocenters. The summed E-state index contributed by atoms with van der Waals surface area (Å²) in [6.45, 7) is 0. The molecule has 0 bridgehead atoms. The summed E-state index contributed by atoms with van der Waals surface area (Å²) < 4.78 is 41.1. The Balaban J connectivity index is 2.46. The maximum absolute atomic E-state index is 13.6. The number of rotatable bonds is 2. The third-order valence-corrected chi connectivity index (χ3v) is 5.71. The first-order valence-corrected chi connectivity index (χ1v) is 7.15. The zero-order valence-corrected chi connectivity index (χ0v) is 12.7. The van der Waals surface area contributed by atoms with E-state index in [-0.39, 0.29) is 5.56 Å². The Hall–Kier alpha value is -0.370. The van der Waals surface area contributed by atoms with E-state index in [9.17, 15) is 13.2 Å². The van der Waals surface area contributed by atoms with Crippen molar-refractivity contribution in [2.75, 3.05) is 0 Å². The molecule has 0 radical (unpaired) electrons. The third kappa shape index (κ3) is 2.49. The van der Waals surface area contributed by atoms with Crippen LogP contribution in [0.1, 0.15) is 16.5 Å². The Bertz CT molecular complexity index is 581. The summed E-state index contributed by atoms with van der Waals surface area (Å²) in [4.78, 5) is 0.638. The minimum Gasteiger partial charge on any atom is -0.320 e. The smallest absolute Gasteiger partial charge is 0.194 e. The first-order chi connectivity index (χ1) is 8.41. The molecule has 0 aliphatic rings. The Kier molecular flexibility index (Phi) is 4.15. The first kappa shape index (κ1) is 14.0. The van der Waals surface area contributed by atoms with Crippen molar-refractivity contribution in [1.29, 1.82) is 0 Å². The number of benzene rings is 1. The molecule has 7 heteroatoms. The predicted octanol–water partition coefficient (Wildman–Crippen LogP) is 4.74. The molecular weight excluding hydrogens is 395 g/mol. The average Bonchev–Trinajstić information content (AvgIpc) is 2.66. The fraction of sp³-hybridized carbons (Fsp3) is 0.0909. The van der Waals surface area contributed by atoms with Gasteiger partial charge in [-0.2, -0.15) is 0 Å². The lowest BCUT2D eigenvalue weighted by Gasteiger charge is -2.11. The molecule has 1 atom stereocenters. The molecule has 0 spiro atoms. The maximum Gasteiger partial charge on any atom is 0.194 e. The average molecular weight is 401 g/mol. The van der Waals surface area contributed by atoms with Crippen LogP contribution in [0, 0.1) is 17.5 Å². The second-order valence-corrected chi connectivity index (χ2v) is 6.77. The van der Waals surface area contributed by atoms with Gasteiger partial charge in [0.1, 0.15) is 0 Å². The molecule has 0 saturated carbocycles. The van der Waals surface area contributed by atoms with E-state index in [1.54, 1.807) is 6.07 Å². The summed E-state index contributed by atoms with van der Waals surface area (Å²) in [6, 6.07) is 2.89. The van der Waals surface area contributed by atoms with E-state index in [0.29, 0.717) is 4.88 Å². The summed E-state index contributed by atoms with van der Waals surface area (Å²) in [6.07, 6.45) is 0. The molecule has 2 rings (SSSR count). The molecule has 2 N–H and O–H groups in total. The Morgan fingerprint density at radius 3 is 2.33 bits per heavy atom. The summed E-state index contributed by atoms with van der Waals surface area (Å²) >= 11 is 7.87. The van der Waals surface area contributed by atoms with E-state index in [1.807, 2.05) is 0 Å². The number of halogens is 5. The molecule has 0 amide bonds. The lowest BCUT2D eigenvalue weighted by atomic mass is 10.1. The SMILES string of the molecule is NC(c1cc(Br)c(Br)s1)c1ccc(F)c(F)c1F. The molecule has 0 aliphatic carbocycles. The second kappa shape index (κ2) is 5.32. The van der Waals surface area contributed by atoms with Crippen LogP contribution in [0.2, 0.25) is 0 Å². The fourth-order valence-electron chi connectivity index (χ4n) is 1.45. The number of hydrogen-bond donors (Lipinski definition) is 1. The standard InChI is InChI=1S/C11H6Br2F3NS/c12-5-3-7(18-11(5)13)10(17)4-1-2-6(14)9(16)8(4)15/h1-3,10H,17H2. The van der Waals surface area contributed by atoms with Crippen molar-refractivity contribution in [2.45, 2.75) is 6.04 Å². The van der Waals surface area contributed by atoms with Crippen LogP contribution >= 0.6 is 43.2 Å². The monoisotopic (exact) mass is 399 g/mol. The van der Waals surface area contributed by atoms with Gasteiger partial charge >= 0.3 is 0 Å². The van der Waals surface area contributed by atoms with Gasteiger partial charge in [0.05, 0.1) is 9.83 Å². The van der Waals surface area contributed by atoms with Crippen molar-refractivity contribution in [2.24, 2.45) is 5.73 Å². The largest absolute Gasteiger partial charge is 0.320 e.